The maximum absolute atomic E-state index is 13.4. The highest BCUT2D eigenvalue weighted by Gasteiger charge is 2.54. The number of piperidine rings is 2. The van der Waals surface area contributed by atoms with Crippen molar-refractivity contribution in [1.29, 1.82) is 5.26 Å². The summed E-state index contributed by atoms with van der Waals surface area (Å²) in [5.41, 5.74) is 9.16. The van der Waals surface area contributed by atoms with Gasteiger partial charge in [-0.25, -0.2) is 10.9 Å². The second kappa shape index (κ2) is 18.4. The van der Waals surface area contributed by atoms with E-state index in [4.69, 9.17) is 14.5 Å². The smallest absolute Gasteiger partial charge is 0.224 e. The Balaban J connectivity index is 0.685. The van der Waals surface area contributed by atoms with E-state index in [9.17, 15) is 10.1 Å². The van der Waals surface area contributed by atoms with Crippen molar-refractivity contribution in [3.63, 3.8) is 0 Å². The largest absolute Gasteiger partial charge is 0.380 e. The van der Waals surface area contributed by atoms with Crippen LogP contribution in [0.15, 0.2) is 4.99 Å². The topological polar surface area (TPSA) is 130 Å². The van der Waals surface area contributed by atoms with Crippen molar-refractivity contribution in [2.45, 2.75) is 196 Å². The Kier molecular flexibility index (Phi) is 13.4. The number of fused-ring (bicyclic) bond motifs is 3. The first-order chi connectivity index (χ1) is 28.6. The number of rotatable bonds is 8. The molecule has 6 heterocycles. The van der Waals surface area contributed by atoms with Gasteiger partial charge in [-0.05, 0) is 141 Å². The Morgan fingerprint density at radius 3 is 2.32 bits per heavy atom. The standard InChI is InChI=1S/C46H77N9O3S/c1-28-30(3)59-45-41(28)42(49-29(2)43-52-51-31(4)55(43)45)32-6-12-36(13-7-32)53-21-18-46(19-22-53)20-23-54(27-46)40-17-9-34(26-48-40)44(56)50-35-10-15-37(16-11-35)58-38-14-8-33(25-47)39(24-38)57-5/h28-41,43,45,48,51-52H,6-24,26-27H2,1-5H3,(H,50,56)/t28?,29-,30?,31?,32?,33?,34?,35?,36?,37?,38?,39?,40?,41?,43?,45?/m0/s1. The number of carbonyl (C=O) groups is 1. The first kappa shape index (κ1) is 42.9. The lowest BCUT2D eigenvalue weighted by atomic mass is 9.73. The van der Waals surface area contributed by atoms with Crippen LogP contribution in [0.5, 0.6) is 0 Å². The molecule has 12 atom stereocenters. The Morgan fingerprint density at radius 2 is 1.63 bits per heavy atom. The Labute approximate surface area is 359 Å². The fourth-order valence-corrected chi connectivity index (χ4v) is 15.3. The lowest BCUT2D eigenvalue weighted by Crippen LogP contribution is -2.54. The Hall–Kier alpha value is -1.34. The molecule has 9 rings (SSSR count). The van der Waals surface area contributed by atoms with E-state index in [1.54, 1.807) is 12.8 Å². The minimum Gasteiger partial charge on any atom is -0.380 e. The predicted molar refractivity (Wildman–Crippen MR) is 234 cm³/mol. The molecule has 12 nitrogen and oxygen atoms in total. The number of amides is 1. The van der Waals surface area contributed by atoms with Crippen LogP contribution in [-0.4, -0.2) is 132 Å². The fourth-order valence-electron chi connectivity index (χ4n) is 13.4. The molecule has 11 unspecified atom stereocenters. The molecular weight excluding hydrogens is 759 g/mol. The van der Waals surface area contributed by atoms with Crippen LogP contribution in [0.3, 0.4) is 0 Å². The van der Waals surface area contributed by atoms with Crippen molar-refractivity contribution >= 4 is 23.4 Å². The maximum Gasteiger partial charge on any atom is 0.224 e. The van der Waals surface area contributed by atoms with Gasteiger partial charge in [-0.1, -0.05) is 13.8 Å². The van der Waals surface area contributed by atoms with Gasteiger partial charge in [0, 0.05) is 62.1 Å². The van der Waals surface area contributed by atoms with Gasteiger partial charge in [0.15, 0.2) is 0 Å². The van der Waals surface area contributed by atoms with Crippen LogP contribution in [0.4, 0.5) is 0 Å². The molecule has 0 bridgehead atoms. The van der Waals surface area contributed by atoms with Crippen molar-refractivity contribution in [1.82, 2.24) is 36.2 Å². The van der Waals surface area contributed by atoms with E-state index in [0.717, 1.165) is 70.4 Å². The number of hydrazine groups is 1. The third kappa shape index (κ3) is 8.93. The highest BCUT2D eigenvalue weighted by molar-refractivity contribution is 8.00. The summed E-state index contributed by atoms with van der Waals surface area (Å²) in [7, 11) is 1.71. The van der Waals surface area contributed by atoms with Gasteiger partial charge in [0.05, 0.1) is 66.1 Å². The molecule has 59 heavy (non-hydrogen) atoms. The van der Waals surface area contributed by atoms with Crippen molar-refractivity contribution in [3.05, 3.63) is 0 Å². The maximum atomic E-state index is 13.4. The molecule has 3 aliphatic carbocycles. The van der Waals surface area contributed by atoms with Crippen molar-refractivity contribution in [2.24, 2.45) is 40.0 Å². The Morgan fingerprint density at radius 1 is 0.898 bits per heavy atom. The number of likely N-dealkylation sites (tertiary alicyclic amines) is 2. The molecule has 1 spiro atoms. The van der Waals surface area contributed by atoms with Gasteiger partial charge in [0.1, 0.15) is 0 Å². The van der Waals surface area contributed by atoms with E-state index in [-0.39, 0.29) is 54.3 Å². The van der Waals surface area contributed by atoms with Gasteiger partial charge >= 0.3 is 0 Å². The zero-order chi connectivity index (χ0) is 40.8. The molecule has 0 aromatic rings. The second-order valence-electron chi connectivity index (χ2n) is 20.8. The fraction of sp³-hybridized carbons (Fsp3) is 0.935. The quantitative estimate of drug-likeness (QED) is 0.249. The molecule has 330 valence electrons. The van der Waals surface area contributed by atoms with Gasteiger partial charge in [-0.2, -0.15) is 5.26 Å². The third-order valence-electron chi connectivity index (χ3n) is 17.4. The summed E-state index contributed by atoms with van der Waals surface area (Å²) in [6, 6.07) is 3.66. The third-order valence-corrected chi connectivity index (χ3v) is 19.1. The summed E-state index contributed by atoms with van der Waals surface area (Å²) in [6.07, 6.45) is 19.3. The minimum absolute atomic E-state index is 0.0174. The summed E-state index contributed by atoms with van der Waals surface area (Å²) >= 11 is 2.20. The number of hydrogen-bond donors (Lipinski definition) is 4. The number of nitriles is 1. The molecule has 6 aliphatic heterocycles. The van der Waals surface area contributed by atoms with Crippen molar-refractivity contribution in [2.75, 3.05) is 39.8 Å². The summed E-state index contributed by atoms with van der Waals surface area (Å²) in [5, 5.41) is 17.9. The van der Waals surface area contributed by atoms with Crippen LogP contribution < -0.4 is 21.5 Å². The number of nitrogens with one attached hydrogen (secondary N) is 4. The zero-order valence-electron chi connectivity index (χ0n) is 37.0. The number of hydrogen-bond acceptors (Lipinski definition) is 12. The van der Waals surface area contributed by atoms with Crippen LogP contribution in [0.1, 0.15) is 130 Å². The van der Waals surface area contributed by atoms with E-state index in [2.05, 4.69) is 81.7 Å². The predicted octanol–water partition coefficient (Wildman–Crippen LogP) is 5.45. The zero-order valence-corrected chi connectivity index (χ0v) is 37.8. The molecule has 0 aromatic heterocycles. The number of ether oxygens (including phenoxy) is 2. The Bertz CT molecular complexity index is 1510. The molecule has 0 aromatic carbocycles. The number of thioether (sulfide) groups is 1. The summed E-state index contributed by atoms with van der Waals surface area (Å²) in [4.78, 5) is 27.3. The SMILES string of the molecule is COC1CC(OC2CCC(NC(=O)C3CCC(N4CCC5(CCN(C6CCC(C7=N[C@@H](C)C8NNC(C)N8C8SC(C)C(C)C78)CC6)CC5)C4)NC3)CC2)CCC1C#N. The van der Waals surface area contributed by atoms with Gasteiger partial charge < -0.3 is 25.0 Å². The number of aliphatic imine (C=N–C) groups is 1. The van der Waals surface area contributed by atoms with Crippen molar-refractivity contribution in [3.8, 4) is 6.07 Å². The van der Waals surface area contributed by atoms with Gasteiger partial charge in [-0.15, -0.1) is 11.8 Å². The normalized spacial score (nSPS) is 45.9. The molecule has 4 N–H and O–H groups in total. The average Bonchev–Trinajstić information content (AvgIpc) is 3.92. The average molecular weight is 836 g/mol. The van der Waals surface area contributed by atoms with E-state index in [0.29, 0.717) is 46.1 Å². The highest BCUT2D eigenvalue weighted by atomic mass is 32.2. The molecule has 0 radical (unpaired) electrons. The first-order valence-corrected chi connectivity index (χ1v) is 25.2. The first-order valence-electron chi connectivity index (χ1n) is 24.2. The molecular formula is C46H77N9O3S. The lowest BCUT2D eigenvalue weighted by Gasteiger charge is -2.45. The molecule has 9 aliphatic rings. The molecule has 5 saturated heterocycles. The molecule has 8 fully saturated rings. The second-order valence-corrected chi connectivity index (χ2v) is 22.3. The monoisotopic (exact) mass is 836 g/mol. The number of nitrogens with zero attached hydrogens (tertiary/aromatic N) is 5. The van der Waals surface area contributed by atoms with E-state index in [1.165, 1.54) is 71.1 Å². The van der Waals surface area contributed by atoms with Crippen LogP contribution >= 0.6 is 11.8 Å². The highest BCUT2D eigenvalue weighted by Crippen LogP contribution is 2.51. The van der Waals surface area contributed by atoms with Gasteiger partial charge in [0.25, 0.3) is 0 Å². The van der Waals surface area contributed by atoms with Crippen LogP contribution in [0.2, 0.25) is 0 Å². The summed E-state index contributed by atoms with van der Waals surface area (Å²) in [6.45, 7) is 15.3. The van der Waals surface area contributed by atoms with E-state index >= 15 is 0 Å². The van der Waals surface area contributed by atoms with Crippen LogP contribution in [-0.2, 0) is 14.3 Å². The van der Waals surface area contributed by atoms with Crippen molar-refractivity contribution < 1.29 is 14.3 Å². The van der Waals surface area contributed by atoms with Gasteiger partial charge in [-0.3, -0.25) is 19.6 Å². The summed E-state index contributed by atoms with van der Waals surface area (Å²) in [5.74, 6) is 2.15. The minimum atomic E-state index is -0.0205. The number of methoxy groups -OCH3 is 1. The van der Waals surface area contributed by atoms with E-state index in [1.807, 2.05) is 0 Å². The lowest BCUT2D eigenvalue weighted by molar-refractivity contribution is -0.127. The van der Waals surface area contributed by atoms with Crippen LogP contribution in [0.25, 0.3) is 0 Å². The number of carbonyl (C=O) groups excluding carboxylic acids is 1. The van der Waals surface area contributed by atoms with Crippen LogP contribution in [0, 0.1) is 46.3 Å². The molecule has 3 saturated carbocycles. The summed E-state index contributed by atoms with van der Waals surface area (Å²) < 4.78 is 12.1. The van der Waals surface area contributed by atoms with E-state index < -0.39 is 0 Å². The van der Waals surface area contributed by atoms with Gasteiger partial charge in [0.2, 0.25) is 5.91 Å². The molecule has 13 heteroatoms. The molecule has 1 amide bonds.